The third-order valence-corrected chi connectivity index (χ3v) is 5.04. The molecule has 1 amide bonds. The smallest absolute Gasteiger partial charge is 0.255 e. The molecule has 3 aromatic rings. The normalized spacial score (nSPS) is 13.6. The summed E-state index contributed by atoms with van der Waals surface area (Å²) in [6, 6.07) is 7.59. The molecule has 0 bridgehead atoms. The van der Waals surface area contributed by atoms with E-state index in [1.165, 1.54) is 20.0 Å². The van der Waals surface area contributed by atoms with Gasteiger partial charge in [0, 0.05) is 36.4 Å². The number of hydrogen-bond donors (Lipinski definition) is 4. The summed E-state index contributed by atoms with van der Waals surface area (Å²) in [6.07, 6.45) is 4.29. The first-order valence-corrected chi connectivity index (χ1v) is 10.3. The number of hydrogen-bond acceptors (Lipinski definition) is 6. The number of nitrogens with zero attached hydrogens (tertiary/aromatic N) is 3. The van der Waals surface area contributed by atoms with Crippen molar-refractivity contribution in [3.8, 4) is 0 Å². The molecule has 0 aliphatic heterocycles. The van der Waals surface area contributed by atoms with E-state index in [9.17, 15) is 14.3 Å². The molecule has 4 N–H and O–H groups in total. The van der Waals surface area contributed by atoms with E-state index in [0.29, 0.717) is 17.1 Å². The Bertz CT molecular complexity index is 1050. The van der Waals surface area contributed by atoms with Gasteiger partial charge in [-0.1, -0.05) is 6.92 Å². The van der Waals surface area contributed by atoms with Crippen LogP contribution in [0.25, 0.3) is 5.52 Å². The molecule has 31 heavy (non-hydrogen) atoms. The van der Waals surface area contributed by atoms with Crippen LogP contribution < -0.4 is 16.0 Å². The highest BCUT2D eigenvalue weighted by Gasteiger charge is 2.27. The van der Waals surface area contributed by atoms with Gasteiger partial charge in [-0.25, -0.2) is 13.9 Å². The number of halogens is 1. The minimum Gasteiger partial charge on any atom is -0.387 e. The van der Waals surface area contributed by atoms with Crippen molar-refractivity contribution in [2.75, 3.05) is 17.2 Å². The maximum atomic E-state index is 14.0. The number of fused-ring (bicyclic) bond motifs is 1. The number of carbonyl (C=O) groups is 1. The summed E-state index contributed by atoms with van der Waals surface area (Å²) in [7, 11) is 0. The highest BCUT2D eigenvalue weighted by molar-refractivity contribution is 5.99. The first-order chi connectivity index (χ1) is 14.7. The first-order valence-electron chi connectivity index (χ1n) is 10.3. The molecule has 166 valence electrons. The predicted octanol–water partition coefficient (Wildman–Crippen LogP) is 3.52. The molecule has 0 aliphatic carbocycles. The van der Waals surface area contributed by atoms with Gasteiger partial charge in [0.1, 0.15) is 12.0 Å². The zero-order chi connectivity index (χ0) is 22.6. The summed E-state index contributed by atoms with van der Waals surface area (Å²) in [4.78, 5) is 17.0. The highest BCUT2D eigenvalue weighted by atomic mass is 19.1. The van der Waals surface area contributed by atoms with Crippen LogP contribution in [0.2, 0.25) is 0 Å². The molecule has 2 atom stereocenters. The molecule has 0 aliphatic rings. The monoisotopic (exact) mass is 428 g/mol. The molecule has 0 aromatic carbocycles. The Morgan fingerprint density at radius 2 is 2.10 bits per heavy atom. The molecule has 0 spiro atoms. The summed E-state index contributed by atoms with van der Waals surface area (Å²) in [5.41, 5.74) is 1.13. The second-order valence-corrected chi connectivity index (χ2v) is 8.14. The Morgan fingerprint density at radius 1 is 1.32 bits per heavy atom. The average Bonchev–Trinajstić information content (AvgIpc) is 3.19. The van der Waals surface area contributed by atoms with Gasteiger partial charge in [0.05, 0.1) is 28.9 Å². The molecule has 0 fully saturated rings. The standard InChI is InChI=1S/C22H29FN6O2/c1-5-14(2)27-18-11-20(28-15-7-9-29-16(10-15)6-8-26-29)24-12-17(18)21(30)25-13-19(23)22(3,4)31/h6-12,14,19,31H,5,13H2,1-4H3,(H,25,30)(H2,24,27,28). The van der Waals surface area contributed by atoms with Gasteiger partial charge in [-0.05, 0) is 45.4 Å². The number of nitrogens with one attached hydrogen (secondary N) is 3. The lowest BCUT2D eigenvalue weighted by Gasteiger charge is -2.23. The van der Waals surface area contributed by atoms with Gasteiger partial charge < -0.3 is 21.1 Å². The SMILES string of the molecule is CCC(C)Nc1cc(Nc2ccn3nccc3c2)ncc1C(=O)NCC(F)C(C)(C)O. The van der Waals surface area contributed by atoms with Crippen molar-refractivity contribution in [3.63, 3.8) is 0 Å². The predicted molar refractivity (Wildman–Crippen MR) is 120 cm³/mol. The van der Waals surface area contributed by atoms with E-state index in [1.807, 2.05) is 38.2 Å². The summed E-state index contributed by atoms with van der Waals surface area (Å²) in [5.74, 6) is 0.100. The molecule has 3 aromatic heterocycles. The summed E-state index contributed by atoms with van der Waals surface area (Å²) in [6.45, 7) is 6.48. The number of aliphatic hydroxyl groups is 1. The van der Waals surface area contributed by atoms with Crippen molar-refractivity contribution < 1.29 is 14.3 Å². The maximum absolute atomic E-state index is 14.0. The van der Waals surface area contributed by atoms with Crippen molar-refractivity contribution in [1.29, 1.82) is 0 Å². The number of carbonyl (C=O) groups excluding carboxylic acids is 1. The molecule has 0 saturated carbocycles. The first kappa shape index (κ1) is 22.5. The number of aromatic nitrogens is 3. The topological polar surface area (TPSA) is 104 Å². The van der Waals surface area contributed by atoms with Crippen molar-refractivity contribution in [2.24, 2.45) is 0 Å². The van der Waals surface area contributed by atoms with E-state index in [4.69, 9.17) is 0 Å². The van der Waals surface area contributed by atoms with E-state index < -0.39 is 17.7 Å². The number of anilines is 3. The van der Waals surface area contributed by atoms with E-state index in [1.54, 1.807) is 16.8 Å². The second-order valence-electron chi connectivity index (χ2n) is 8.14. The van der Waals surface area contributed by atoms with Gasteiger partial charge in [-0.3, -0.25) is 4.79 Å². The third kappa shape index (κ3) is 5.69. The molecular formula is C22H29FN6O2. The van der Waals surface area contributed by atoms with Gasteiger partial charge in [0.15, 0.2) is 0 Å². The molecule has 2 unspecified atom stereocenters. The van der Waals surface area contributed by atoms with Crippen LogP contribution in [-0.2, 0) is 0 Å². The number of amides is 1. The Morgan fingerprint density at radius 3 is 2.81 bits per heavy atom. The molecule has 0 saturated heterocycles. The fourth-order valence-corrected chi connectivity index (χ4v) is 2.87. The lowest BCUT2D eigenvalue weighted by molar-refractivity contribution is -0.00177. The third-order valence-electron chi connectivity index (χ3n) is 5.04. The van der Waals surface area contributed by atoms with E-state index in [-0.39, 0.29) is 12.6 Å². The van der Waals surface area contributed by atoms with Crippen LogP contribution in [0.3, 0.4) is 0 Å². The van der Waals surface area contributed by atoms with Crippen molar-refractivity contribution in [2.45, 2.75) is 51.9 Å². The quantitative estimate of drug-likeness (QED) is 0.416. The molecule has 9 heteroatoms. The minimum atomic E-state index is -1.59. The number of pyridine rings is 2. The van der Waals surface area contributed by atoms with Crippen LogP contribution in [0.4, 0.5) is 21.6 Å². The summed E-state index contributed by atoms with van der Waals surface area (Å²) < 4.78 is 15.8. The van der Waals surface area contributed by atoms with Crippen LogP contribution in [0.1, 0.15) is 44.5 Å². The lowest BCUT2D eigenvalue weighted by atomic mass is 10.0. The Hall–Kier alpha value is -3.20. The second kappa shape index (κ2) is 9.30. The largest absolute Gasteiger partial charge is 0.387 e. The average molecular weight is 429 g/mol. The van der Waals surface area contributed by atoms with Crippen LogP contribution in [-0.4, -0.2) is 50.0 Å². The number of alkyl halides is 1. The minimum absolute atomic E-state index is 0.121. The van der Waals surface area contributed by atoms with Gasteiger partial charge in [-0.15, -0.1) is 0 Å². The molecule has 8 nitrogen and oxygen atoms in total. The Kier molecular flexibility index (Phi) is 6.74. The molecule has 3 rings (SSSR count). The molecular weight excluding hydrogens is 399 g/mol. The van der Waals surface area contributed by atoms with Gasteiger partial charge in [0.2, 0.25) is 0 Å². The zero-order valence-corrected chi connectivity index (χ0v) is 18.2. The number of rotatable bonds is 9. The van der Waals surface area contributed by atoms with Gasteiger partial charge in [-0.2, -0.15) is 5.10 Å². The van der Waals surface area contributed by atoms with Crippen LogP contribution in [0.5, 0.6) is 0 Å². The summed E-state index contributed by atoms with van der Waals surface area (Å²) >= 11 is 0. The Balaban J connectivity index is 1.81. The van der Waals surface area contributed by atoms with E-state index >= 15 is 0 Å². The van der Waals surface area contributed by atoms with Crippen molar-refractivity contribution in [3.05, 3.63) is 48.4 Å². The van der Waals surface area contributed by atoms with Crippen LogP contribution >= 0.6 is 0 Å². The zero-order valence-electron chi connectivity index (χ0n) is 18.2. The fraction of sp³-hybridized carbons (Fsp3) is 0.409. The van der Waals surface area contributed by atoms with Crippen molar-refractivity contribution >= 4 is 28.6 Å². The Labute approximate surface area is 180 Å². The van der Waals surface area contributed by atoms with E-state index in [0.717, 1.165) is 17.6 Å². The molecule has 3 heterocycles. The van der Waals surface area contributed by atoms with Crippen LogP contribution in [0.15, 0.2) is 42.9 Å². The molecule has 0 radical (unpaired) electrons. The van der Waals surface area contributed by atoms with Crippen molar-refractivity contribution in [1.82, 2.24) is 19.9 Å². The van der Waals surface area contributed by atoms with Gasteiger partial charge >= 0.3 is 0 Å². The van der Waals surface area contributed by atoms with E-state index in [2.05, 4.69) is 26.0 Å². The van der Waals surface area contributed by atoms with Gasteiger partial charge in [0.25, 0.3) is 5.91 Å². The van der Waals surface area contributed by atoms with Crippen LogP contribution in [0, 0.1) is 0 Å². The summed E-state index contributed by atoms with van der Waals surface area (Å²) in [5, 5.41) is 23.0. The lowest BCUT2D eigenvalue weighted by Crippen LogP contribution is -2.42. The highest BCUT2D eigenvalue weighted by Crippen LogP contribution is 2.24. The fourth-order valence-electron chi connectivity index (χ4n) is 2.87. The maximum Gasteiger partial charge on any atom is 0.255 e.